The van der Waals surface area contributed by atoms with Crippen LogP contribution in [0.3, 0.4) is 0 Å². The van der Waals surface area contributed by atoms with Crippen LogP contribution in [0.2, 0.25) is 0 Å². The number of ether oxygens (including phenoxy) is 3. The summed E-state index contributed by atoms with van der Waals surface area (Å²) in [5.41, 5.74) is 2.22. The summed E-state index contributed by atoms with van der Waals surface area (Å²) in [5.74, 6) is 0.763. The molecular formula is C24H27NO6S. The van der Waals surface area contributed by atoms with Crippen LogP contribution < -0.4 is 14.8 Å². The molecule has 7 nitrogen and oxygen atoms in total. The monoisotopic (exact) mass is 457 g/mol. The van der Waals surface area contributed by atoms with Crippen molar-refractivity contribution in [3.63, 3.8) is 0 Å². The van der Waals surface area contributed by atoms with E-state index in [9.17, 15) is 14.4 Å². The Labute approximate surface area is 191 Å². The number of thioether (sulfide) groups is 1. The van der Waals surface area contributed by atoms with E-state index in [1.165, 1.54) is 6.92 Å². The minimum Gasteiger partial charge on any atom is -0.461 e. The Bertz CT molecular complexity index is 977. The van der Waals surface area contributed by atoms with E-state index in [2.05, 4.69) is 5.32 Å². The Morgan fingerprint density at radius 1 is 1.12 bits per heavy atom. The zero-order valence-electron chi connectivity index (χ0n) is 18.2. The van der Waals surface area contributed by atoms with Crippen LogP contribution in [0.1, 0.15) is 37.8 Å². The number of nitrogens with one attached hydrogen (secondary N) is 1. The van der Waals surface area contributed by atoms with Gasteiger partial charge >= 0.3 is 5.97 Å². The van der Waals surface area contributed by atoms with Gasteiger partial charge < -0.3 is 19.5 Å². The highest BCUT2D eigenvalue weighted by atomic mass is 32.2. The Balaban J connectivity index is 1.71. The lowest BCUT2D eigenvalue weighted by Gasteiger charge is -2.18. The Kier molecular flexibility index (Phi) is 8.56. The summed E-state index contributed by atoms with van der Waals surface area (Å²) < 4.78 is 16.1. The average molecular weight is 458 g/mol. The molecule has 0 saturated carbocycles. The second kappa shape index (κ2) is 11.6. The summed E-state index contributed by atoms with van der Waals surface area (Å²) in [4.78, 5) is 36.4. The third-order valence-corrected chi connectivity index (χ3v) is 5.87. The summed E-state index contributed by atoms with van der Waals surface area (Å²) in [6.45, 7) is 3.67. The van der Waals surface area contributed by atoms with Crippen LogP contribution >= 0.6 is 11.8 Å². The zero-order valence-corrected chi connectivity index (χ0v) is 19.0. The summed E-state index contributed by atoms with van der Waals surface area (Å²) in [5, 5.41) is 2.91. The maximum Gasteiger partial charge on any atom is 0.306 e. The van der Waals surface area contributed by atoms with Gasteiger partial charge in [-0.25, -0.2) is 0 Å². The first kappa shape index (κ1) is 23.7. The van der Waals surface area contributed by atoms with E-state index in [1.807, 2.05) is 43.3 Å². The Hall–Kier alpha value is -3.00. The zero-order chi connectivity index (χ0) is 22.9. The first-order chi connectivity index (χ1) is 15.5. The van der Waals surface area contributed by atoms with Gasteiger partial charge in [-0.1, -0.05) is 43.0 Å². The molecule has 1 aliphatic rings. The van der Waals surface area contributed by atoms with Gasteiger partial charge in [0.2, 0.25) is 12.7 Å². The maximum absolute atomic E-state index is 13.2. The molecule has 0 fully saturated rings. The molecule has 2 aromatic rings. The molecule has 1 amide bonds. The fraction of sp³-hybridized carbons (Fsp3) is 0.375. The van der Waals surface area contributed by atoms with Gasteiger partial charge in [-0.05, 0) is 36.6 Å². The summed E-state index contributed by atoms with van der Waals surface area (Å²) in [6.07, 6.45) is 1.51. The van der Waals surface area contributed by atoms with Crippen LogP contribution in [-0.4, -0.2) is 29.5 Å². The molecule has 1 atom stereocenters. The molecule has 0 radical (unpaired) electrons. The van der Waals surface area contributed by atoms with Gasteiger partial charge in [0.1, 0.15) is 6.61 Å². The molecular weight excluding hydrogens is 430 g/mol. The smallest absolute Gasteiger partial charge is 0.306 e. The van der Waals surface area contributed by atoms with Gasteiger partial charge in [-0.15, -0.1) is 0 Å². The summed E-state index contributed by atoms with van der Waals surface area (Å²) in [7, 11) is 0. The second-order valence-electron chi connectivity index (χ2n) is 7.45. The van der Waals surface area contributed by atoms with Gasteiger partial charge in [0.15, 0.2) is 16.6 Å². The van der Waals surface area contributed by atoms with E-state index in [0.29, 0.717) is 47.8 Å². The molecule has 2 aromatic carbocycles. The average Bonchev–Trinajstić information content (AvgIpc) is 3.24. The highest BCUT2D eigenvalue weighted by molar-refractivity contribution is 8.13. The van der Waals surface area contributed by atoms with Gasteiger partial charge in [0.05, 0.1) is 5.92 Å². The van der Waals surface area contributed by atoms with Crippen molar-refractivity contribution in [1.29, 1.82) is 0 Å². The van der Waals surface area contributed by atoms with Crippen LogP contribution in [0.15, 0.2) is 42.5 Å². The lowest BCUT2D eigenvalue weighted by Crippen LogP contribution is -2.27. The summed E-state index contributed by atoms with van der Waals surface area (Å²) >= 11 is 1.12. The van der Waals surface area contributed by atoms with Gasteiger partial charge in [0.25, 0.3) is 0 Å². The van der Waals surface area contributed by atoms with Crippen LogP contribution in [0.25, 0.3) is 0 Å². The van der Waals surface area contributed by atoms with E-state index in [1.54, 1.807) is 6.07 Å². The number of amides is 1. The minimum atomic E-state index is -0.444. The van der Waals surface area contributed by atoms with E-state index < -0.39 is 5.92 Å². The largest absolute Gasteiger partial charge is 0.461 e. The number of fused-ring (bicyclic) bond motifs is 1. The van der Waals surface area contributed by atoms with Crippen molar-refractivity contribution in [2.45, 2.75) is 39.7 Å². The molecule has 0 spiro atoms. The van der Waals surface area contributed by atoms with Gasteiger partial charge in [0, 0.05) is 30.3 Å². The van der Waals surface area contributed by atoms with Gasteiger partial charge in [-0.3, -0.25) is 14.4 Å². The van der Waals surface area contributed by atoms with Crippen molar-refractivity contribution >= 4 is 34.4 Å². The van der Waals surface area contributed by atoms with Gasteiger partial charge in [-0.2, -0.15) is 0 Å². The maximum atomic E-state index is 13.2. The second-order valence-corrected chi connectivity index (χ2v) is 8.65. The van der Waals surface area contributed by atoms with E-state index >= 15 is 0 Å². The van der Waals surface area contributed by atoms with Crippen LogP contribution in [-0.2, 0) is 32.1 Å². The SMILES string of the molecule is CCCC(=O)OCc1ccccc1NC(=O)[C@@H](CSC(C)=O)Cc1ccc2c(c1)OCO2. The molecule has 32 heavy (non-hydrogen) atoms. The minimum absolute atomic E-state index is 0.0447. The van der Waals surface area contributed by atoms with E-state index in [0.717, 1.165) is 17.3 Å². The molecule has 0 unspecified atom stereocenters. The van der Waals surface area contributed by atoms with Crippen LogP contribution in [0.4, 0.5) is 5.69 Å². The topological polar surface area (TPSA) is 90.9 Å². The third kappa shape index (κ3) is 6.75. The number of hydrogen-bond acceptors (Lipinski definition) is 7. The molecule has 1 heterocycles. The molecule has 0 aliphatic carbocycles. The number of rotatable bonds is 10. The molecule has 170 valence electrons. The van der Waals surface area contributed by atoms with Crippen LogP contribution in [0, 0.1) is 5.92 Å². The molecule has 0 bridgehead atoms. The molecule has 0 saturated heterocycles. The Morgan fingerprint density at radius 2 is 1.91 bits per heavy atom. The quantitative estimate of drug-likeness (QED) is 0.531. The molecule has 8 heteroatoms. The number of carbonyl (C=O) groups is 3. The predicted molar refractivity (Wildman–Crippen MR) is 123 cm³/mol. The Morgan fingerprint density at radius 3 is 2.69 bits per heavy atom. The summed E-state index contributed by atoms with van der Waals surface area (Å²) in [6, 6.07) is 12.8. The number of hydrogen-bond donors (Lipinski definition) is 1. The highest BCUT2D eigenvalue weighted by Gasteiger charge is 2.23. The van der Waals surface area contributed by atoms with Crippen molar-refractivity contribution in [3.05, 3.63) is 53.6 Å². The lowest BCUT2D eigenvalue weighted by atomic mass is 9.99. The number of benzene rings is 2. The van der Waals surface area contributed by atoms with Crippen molar-refractivity contribution in [2.24, 2.45) is 5.92 Å². The first-order valence-electron chi connectivity index (χ1n) is 10.5. The molecule has 3 rings (SSSR count). The van der Waals surface area contributed by atoms with E-state index in [-0.39, 0.29) is 30.4 Å². The number of esters is 1. The molecule has 1 aliphatic heterocycles. The number of carbonyl (C=O) groups excluding carboxylic acids is 3. The standard InChI is InChI=1S/C24H27NO6S/c1-3-6-23(27)29-13-18-7-4-5-8-20(18)25-24(28)19(14-32-16(2)26)11-17-9-10-21-22(12-17)31-15-30-21/h4-5,7-10,12,19H,3,6,11,13-15H2,1-2H3,(H,25,28)/t19-/m1/s1. The fourth-order valence-corrected chi connectivity index (χ4v) is 3.94. The van der Waals surface area contributed by atoms with Crippen molar-refractivity contribution in [3.8, 4) is 11.5 Å². The highest BCUT2D eigenvalue weighted by Crippen LogP contribution is 2.33. The molecule has 0 aromatic heterocycles. The van der Waals surface area contributed by atoms with Crippen molar-refractivity contribution < 1.29 is 28.6 Å². The van der Waals surface area contributed by atoms with Crippen molar-refractivity contribution in [1.82, 2.24) is 0 Å². The number of para-hydroxylation sites is 1. The fourth-order valence-electron chi connectivity index (χ4n) is 3.24. The lowest BCUT2D eigenvalue weighted by molar-refractivity contribution is -0.145. The van der Waals surface area contributed by atoms with Crippen molar-refractivity contribution in [2.75, 3.05) is 17.9 Å². The normalized spacial score (nSPS) is 12.8. The van der Waals surface area contributed by atoms with Crippen LogP contribution in [0.5, 0.6) is 11.5 Å². The predicted octanol–water partition coefficient (Wildman–Crippen LogP) is 4.34. The molecule has 1 N–H and O–H groups in total. The first-order valence-corrected chi connectivity index (χ1v) is 11.5. The van der Waals surface area contributed by atoms with E-state index in [4.69, 9.17) is 14.2 Å². The third-order valence-electron chi connectivity index (χ3n) is 4.90. The number of anilines is 1.